The van der Waals surface area contributed by atoms with Gasteiger partial charge in [0.2, 0.25) is 0 Å². The molecule has 0 aromatic carbocycles. The zero-order valence-corrected chi connectivity index (χ0v) is 16.3. The van der Waals surface area contributed by atoms with E-state index in [-0.39, 0.29) is 18.6 Å². The maximum absolute atomic E-state index is 13.2. The Morgan fingerprint density at radius 2 is 2.14 bits per heavy atom. The number of carbonyl (C=O) groups excluding carboxylic acids is 1. The van der Waals surface area contributed by atoms with Gasteiger partial charge in [-0.05, 0) is 25.7 Å². The number of aliphatic hydroxyl groups is 1. The second kappa shape index (κ2) is 8.43. The molecule has 1 saturated heterocycles. The standard InChI is InChI=1S/C20H29N5O3/c26-12-11-25(16-5-2-1-3-6-16)19(27)17-13-20(28-23-17)7-4-10-24(15-20)18-14-21-8-9-22-18/h8-9,14,16,26H,1-7,10-13,15H2/t20-/m0/s1. The van der Waals surface area contributed by atoms with Gasteiger partial charge in [0, 0.05) is 37.9 Å². The SMILES string of the molecule is O=C(C1=NO[C@@]2(CCCN(c3cnccn3)C2)C1)N(CCO)C1CCCCC1. The van der Waals surface area contributed by atoms with E-state index in [1.165, 1.54) is 6.42 Å². The Bertz CT molecular complexity index is 707. The van der Waals surface area contributed by atoms with E-state index in [9.17, 15) is 9.90 Å². The summed E-state index contributed by atoms with van der Waals surface area (Å²) in [5.41, 5.74) is 0.0121. The average molecular weight is 387 g/mol. The highest BCUT2D eigenvalue weighted by Gasteiger charge is 2.46. The van der Waals surface area contributed by atoms with E-state index in [0.29, 0.717) is 25.2 Å². The number of carbonyl (C=O) groups is 1. The molecule has 28 heavy (non-hydrogen) atoms. The number of piperidine rings is 1. The van der Waals surface area contributed by atoms with Gasteiger partial charge >= 0.3 is 0 Å². The minimum Gasteiger partial charge on any atom is -0.395 e. The van der Waals surface area contributed by atoms with E-state index in [2.05, 4.69) is 20.0 Å². The number of aliphatic hydroxyl groups excluding tert-OH is 1. The molecule has 0 unspecified atom stereocenters. The van der Waals surface area contributed by atoms with Crippen LogP contribution in [-0.4, -0.2) is 69.5 Å². The first kappa shape index (κ1) is 19.1. The third-order valence-electron chi connectivity index (χ3n) is 6.12. The van der Waals surface area contributed by atoms with Gasteiger partial charge in [0.05, 0.1) is 19.3 Å². The number of nitrogens with zero attached hydrogens (tertiary/aromatic N) is 5. The molecular formula is C20H29N5O3. The first-order chi connectivity index (χ1) is 13.7. The molecule has 1 atom stereocenters. The topological polar surface area (TPSA) is 91.2 Å². The highest BCUT2D eigenvalue weighted by molar-refractivity contribution is 6.39. The zero-order chi connectivity index (χ0) is 19.4. The van der Waals surface area contributed by atoms with Crippen LogP contribution in [0.5, 0.6) is 0 Å². The minimum absolute atomic E-state index is 0.0258. The summed E-state index contributed by atoms with van der Waals surface area (Å²) in [5.74, 6) is 0.753. The summed E-state index contributed by atoms with van der Waals surface area (Å²) in [6, 6.07) is 0.204. The van der Waals surface area contributed by atoms with Gasteiger partial charge in [0.1, 0.15) is 11.5 Å². The van der Waals surface area contributed by atoms with Crippen LogP contribution in [0.2, 0.25) is 0 Å². The fourth-order valence-corrected chi connectivity index (χ4v) is 4.72. The molecule has 8 nitrogen and oxygen atoms in total. The number of hydrogen-bond donors (Lipinski definition) is 1. The second-order valence-electron chi connectivity index (χ2n) is 8.09. The monoisotopic (exact) mass is 387 g/mol. The number of aromatic nitrogens is 2. The van der Waals surface area contributed by atoms with Crippen molar-refractivity contribution in [3.05, 3.63) is 18.6 Å². The smallest absolute Gasteiger partial charge is 0.272 e. The van der Waals surface area contributed by atoms with E-state index in [4.69, 9.17) is 4.84 Å². The van der Waals surface area contributed by atoms with Crippen molar-refractivity contribution in [3.63, 3.8) is 0 Å². The van der Waals surface area contributed by atoms with Gasteiger partial charge in [-0.1, -0.05) is 24.4 Å². The molecule has 2 aliphatic heterocycles. The Kier molecular flexibility index (Phi) is 5.75. The molecule has 4 rings (SSSR count). The minimum atomic E-state index is -0.474. The van der Waals surface area contributed by atoms with Crippen molar-refractivity contribution in [2.24, 2.45) is 5.16 Å². The lowest BCUT2D eigenvalue weighted by Crippen LogP contribution is -2.50. The number of anilines is 1. The van der Waals surface area contributed by atoms with Crippen LogP contribution >= 0.6 is 0 Å². The van der Waals surface area contributed by atoms with Gasteiger partial charge in [-0.15, -0.1) is 0 Å². The molecule has 1 aliphatic carbocycles. The van der Waals surface area contributed by atoms with Gasteiger partial charge in [-0.25, -0.2) is 4.98 Å². The summed E-state index contributed by atoms with van der Waals surface area (Å²) in [5, 5.41) is 13.7. The predicted octanol–water partition coefficient (Wildman–Crippen LogP) is 1.75. The van der Waals surface area contributed by atoms with Gasteiger partial charge in [0.25, 0.3) is 5.91 Å². The van der Waals surface area contributed by atoms with E-state index >= 15 is 0 Å². The van der Waals surface area contributed by atoms with Gasteiger partial charge in [0.15, 0.2) is 5.60 Å². The Hall–Kier alpha value is -2.22. The molecule has 8 heteroatoms. The third-order valence-corrected chi connectivity index (χ3v) is 6.12. The lowest BCUT2D eigenvalue weighted by Gasteiger charge is -2.38. The Balaban J connectivity index is 1.43. The number of oxime groups is 1. The molecule has 0 bridgehead atoms. The van der Waals surface area contributed by atoms with E-state index < -0.39 is 5.60 Å². The van der Waals surface area contributed by atoms with Crippen molar-refractivity contribution < 1.29 is 14.7 Å². The maximum Gasteiger partial charge on any atom is 0.272 e. The number of hydrogen-bond acceptors (Lipinski definition) is 7. The summed E-state index contributed by atoms with van der Waals surface area (Å²) in [6.45, 7) is 1.88. The van der Waals surface area contributed by atoms with Crippen LogP contribution in [0.15, 0.2) is 23.7 Å². The molecule has 1 spiro atoms. The Morgan fingerprint density at radius 3 is 2.89 bits per heavy atom. The van der Waals surface area contributed by atoms with E-state index in [0.717, 1.165) is 50.9 Å². The van der Waals surface area contributed by atoms with Crippen LogP contribution in [0.3, 0.4) is 0 Å². The van der Waals surface area contributed by atoms with E-state index in [1.54, 1.807) is 18.6 Å². The molecular weight excluding hydrogens is 358 g/mol. The first-order valence-corrected chi connectivity index (χ1v) is 10.4. The van der Waals surface area contributed by atoms with Crippen molar-refractivity contribution >= 4 is 17.4 Å². The number of rotatable bonds is 5. The van der Waals surface area contributed by atoms with Crippen LogP contribution in [0, 0.1) is 0 Å². The Morgan fingerprint density at radius 1 is 1.29 bits per heavy atom. The van der Waals surface area contributed by atoms with Crippen molar-refractivity contribution in [3.8, 4) is 0 Å². The molecule has 1 N–H and O–H groups in total. The quantitative estimate of drug-likeness (QED) is 0.828. The molecule has 1 aromatic rings. The molecule has 152 valence electrons. The molecule has 3 heterocycles. The van der Waals surface area contributed by atoms with Gasteiger partial charge in [-0.3, -0.25) is 9.78 Å². The van der Waals surface area contributed by atoms with Crippen LogP contribution in [0.1, 0.15) is 51.4 Å². The Labute approximate surface area is 165 Å². The molecule has 0 radical (unpaired) electrons. The summed E-state index contributed by atoms with van der Waals surface area (Å²) >= 11 is 0. The van der Waals surface area contributed by atoms with Crippen molar-refractivity contribution in [2.45, 2.75) is 63.0 Å². The number of amides is 1. The fraction of sp³-hybridized carbons (Fsp3) is 0.700. The fourth-order valence-electron chi connectivity index (χ4n) is 4.72. The third kappa shape index (κ3) is 3.97. The average Bonchev–Trinajstić information content (AvgIpc) is 3.16. The van der Waals surface area contributed by atoms with Crippen LogP contribution in [0.25, 0.3) is 0 Å². The van der Waals surface area contributed by atoms with Gasteiger partial charge < -0.3 is 19.7 Å². The maximum atomic E-state index is 13.2. The summed E-state index contributed by atoms with van der Waals surface area (Å²) in [7, 11) is 0. The lowest BCUT2D eigenvalue weighted by molar-refractivity contribution is -0.127. The molecule has 1 aromatic heterocycles. The summed E-state index contributed by atoms with van der Waals surface area (Å²) in [6.07, 6.45) is 13.0. The largest absolute Gasteiger partial charge is 0.395 e. The molecule has 3 aliphatic rings. The molecule has 2 fully saturated rings. The van der Waals surface area contributed by atoms with Crippen LogP contribution in [-0.2, 0) is 9.63 Å². The highest BCUT2D eigenvalue weighted by Crippen LogP contribution is 2.35. The van der Waals surface area contributed by atoms with Crippen molar-refractivity contribution in [1.82, 2.24) is 14.9 Å². The van der Waals surface area contributed by atoms with Gasteiger partial charge in [-0.2, -0.15) is 0 Å². The summed E-state index contributed by atoms with van der Waals surface area (Å²) in [4.78, 5) is 31.6. The van der Waals surface area contributed by atoms with Crippen molar-refractivity contribution in [1.29, 1.82) is 0 Å². The zero-order valence-electron chi connectivity index (χ0n) is 16.3. The first-order valence-electron chi connectivity index (χ1n) is 10.4. The normalized spacial score (nSPS) is 25.5. The molecule has 1 amide bonds. The van der Waals surface area contributed by atoms with Crippen LogP contribution in [0.4, 0.5) is 5.82 Å². The predicted molar refractivity (Wildman–Crippen MR) is 105 cm³/mol. The lowest BCUT2D eigenvalue weighted by atomic mass is 9.87. The van der Waals surface area contributed by atoms with Crippen molar-refractivity contribution in [2.75, 3.05) is 31.1 Å². The van der Waals surface area contributed by atoms with Crippen LogP contribution < -0.4 is 4.90 Å². The van der Waals surface area contributed by atoms with E-state index in [1.807, 2.05) is 4.90 Å². The second-order valence-corrected chi connectivity index (χ2v) is 8.09. The highest BCUT2D eigenvalue weighted by atomic mass is 16.7. The molecule has 1 saturated carbocycles. The summed E-state index contributed by atoms with van der Waals surface area (Å²) < 4.78 is 0.